The number of rotatable bonds is 5. The smallest absolute Gasteiger partial charge is 0.0709 e. The molecule has 0 spiro atoms. The zero-order valence-corrected chi connectivity index (χ0v) is 11.5. The highest BCUT2D eigenvalue weighted by molar-refractivity contribution is 6.31. The van der Waals surface area contributed by atoms with Crippen LogP contribution in [0.15, 0.2) is 54.6 Å². The summed E-state index contributed by atoms with van der Waals surface area (Å²) in [5.74, 6) is 0. The van der Waals surface area contributed by atoms with Crippen molar-refractivity contribution >= 4 is 23.2 Å². The standard InChI is InChI=1S/C15H15Cl2N/c16-14-9-5-4-8-13(14)10-18-11-15(17)12-6-2-1-3-7-12/h1-9,15,18H,10-11H2. The van der Waals surface area contributed by atoms with Crippen molar-refractivity contribution in [2.24, 2.45) is 0 Å². The zero-order valence-electron chi connectivity index (χ0n) is 9.94. The molecule has 0 bridgehead atoms. The lowest BCUT2D eigenvalue weighted by molar-refractivity contribution is 0.675. The van der Waals surface area contributed by atoms with Crippen molar-refractivity contribution in [1.29, 1.82) is 0 Å². The fraction of sp³-hybridized carbons (Fsp3) is 0.200. The van der Waals surface area contributed by atoms with Crippen LogP contribution in [0.3, 0.4) is 0 Å². The summed E-state index contributed by atoms with van der Waals surface area (Å²) in [5, 5.41) is 4.09. The molecular formula is C15H15Cl2N. The number of halogens is 2. The van der Waals surface area contributed by atoms with Crippen molar-refractivity contribution in [3.05, 3.63) is 70.7 Å². The molecule has 1 unspecified atom stereocenters. The predicted octanol–water partition coefficient (Wildman–Crippen LogP) is 4.41. The van der Waals surface area contributed by atoms with Crippen LogP contribution in [-0.4, -0.2) is 6.54 Å². The number of hydrogen-bond donors (Lipinski definition) is 1. The van der Waals surface area contributed by atoms with E-state index in [0.29, 0.717) is 0 Å². The second-order valence-electron chi connectivity index (χ2n) is 4.10. The molecule has 2 aromatic carbocycles. The molecule has 0 saturated carbocycles. The van der Waals surface area contributed by atoms with E-state index < -0.39 is 0 Å². The molecule has 94 valence electrons. The summed E-state index contributed by atoms with van der Waals surface area (Å²) in [5.41, 5.74) is 2.22. The van der Waals surface area contributed by atoms with Crippen molar-refractivity contribution < 1.29 is 0 Å². The summed E-state index contributed by atoms with van der Waals surface area (Å²) < 4.78 is 0. The van der Waals surface area contributed by atoms with Gasteiger partial charge in [0, 0.05) is 18.1 Å². The zero-order chi connectivity index (χ0) is 12.8. The average Bonchev–Trinajstić information content (AvgIpc) is 2.42. The Morgan fingerprint density at radius 3 is 2.33 bits per heavy atom. The van der Waals surface area contributed by atoms with Crippen LogP contribution in [-0.2, 0) is 6.54 Å². The molecule has 1 N–H and O–H groups in total. The molecule has 0 heterocycles. The van der Waals surface area contributed by atoms with Gasteiger partial charge in [-0.2, -0.15) is 0 Å². The third-order valence-electron chi connectivity index (χ3n) is 2.76. The molecule has 2 aromatic rings. The third-order valence-corrected chi connectivity index (χ3v) is 3.53. The molecular weight excluding hydrogens is 265 g/mol. The van der Waals surface area contributed by atoms with Gasteiger partial charge in [0.1, 0.15) is 0 Å². The predicted molar refractivity (Wildman–Crippen MR) is 78.2 cm³/mol. The van der Waals surface area contributed by atoms with Gasteiger partial charge in [-0.25, -0.2) is 0 Å². The number of hydrogen-bond acceptors (Lipinski definition) is 1. The van der Waals surface area contributed by atoms with Crippen LogP contribution in [0, 0.1) is 0 Å². The van der Waals surface area contributed by atoms with Crippen molar-refractivity contribution in [3.63, 3.8) is 0 Å². The van der Waals surface area contributed by atoms with Crippen LogP contribution in [0.25, 0.3) is 0 Å². The van der Waals surface area contributed by atoms with Crippen LogP contribution >= 0.6 is 23.2 Å². The first-order valence-electron chi connectivity index (χ1n) is 5.90. The molecule has 0 radical (unpaired) electrons. The van der Waals surface area contributed by atoms with E-state index in [2.05, 4.69) is 5.32 Å². The molecule has 1 atom stereocenters. The van der Waals surface area contributed by atoms with Gasteiger partial charge < -0.3 is 5.32 Å². The molecule has 0 aliphatic rings. The second-order valence-corrected chi connectivity index (χ2v) is 5.03. The van der Waals surface area contributed by atoms with E-state index in [9.17, 15) is 0 Å². The monoisotopic (exact) mass is 279 g/mol. The van der Waals surface area contributed by atoms with E-state index >= 15 is 0 Å². The Morgan fingerprint density at radius 2 is 1.61 bits per heavy atom. The van der Waals surface area contributed by atoms with Crippen LogP contribution in [0.4, 0.5) is 0 Å². The maximum Gasteiger partial charge on any atom is 0.0709 e. The maximum atomic E-state index is 6.32. The molecule has 0 aliphatic heterocycles. The summed E-state index contributed by atoms with van der Waals surface area (Å²) in [6, 6.07) is 17.9. The van der Waals surface area contributed by atoms with E-state index in [-0.39, 0.29) is 5.38 Å². The van der Waals surface area contributed by atoms with E-state index in [0.717, 1.165) is 29.2 Å². The Kier molecular flexibility index (Phi) is 5.06. The molecule has 18 heavy (non-hydrogen) atoms. The average molecular weight is 280 g/mol. The summed E-state index contributed by atoms with van der Waals surface area (Å²) in [6.07, 6.45) is 0. The van der Waals surface area contributed by atoms with Gasteiger partial charge in [0.15, 0.2) is 0 Å². The van der Waals surface area contributed by atoms with Gasteiger partial charge in [0.2, 0.25) is 0 Å². The summed E-state index contributed by atoms with van der Waals surface area (Å²) in [6.45, 7) is 1.45. The second kappa shape index (κ2) is 6.79. The summed E-state index contributed by atoms with van der Waals surface area (Å²) in [7, 11) is 0. The molecule has 3 heteroatoms. The lowest BCUT2D eigenvalue weighted by Gasteiger charge is -2.11. The Bertz CT molecular complexity index is 485. The van der Waals surface area contributed by atoms with Crippen molar-refractivity contribution in [1.82, 2.24) is 5.32 Å². The van der Waals surface area contributed by atoms with Crippen molar-refractivity contribution in [2.45, 2.75) is 11.9 Å². The Morgan fingerprint density at radius 1 is 0.944 bits per heavy atom. The highest BCUT2D eigenvalue weighted by Crippen LogP contribution is 2.19. The van der Waals surface area contributed by atoms with Gasteiger partial charge in [-0.05, 0) is 17.2 Å². The minimum Gasteiger partial charge on any atom is -0.311 e. The van der Waals surface area contributed by atoms with E-state index in [1.54, 1.807) is 0 Å². The van der Waals surface area contributed by atoms with Gasteiger partial charge in [-0.3, -0.25) is 0 Å². The summed E-state index contributed by atoms with van der Waals surface area (Å²) >= 11 is 12.4. The number of alkyl halides is 1. The Hall–Kier alpha value is -1.02. The fourth-order valence-corrected chi connectivity index (χ4v) is 2.21. The Labute approximate surface area is 118 Å². The maximum absolute atomic E-state index is 6.32. The van der Waals surface area contributed by atoms with Crippen LogP contribution < -0.4 is 5.32 Å². The van der Waals surface area contributed by atoms with E-state index in [1.165, 1.54) is 0 Å². The van der Waals surface area contributed by atoms with Crippen LogP contribution in [0.2, 0.25) is 5.02 Å². The van der Waals surface area contributed by atoms with Crippen LogP contribution in [0.5, 0.6) is 0 Å². The van der Waals surface area contributed by atoms with Gasteiger partial charge in [-0.15, -0.1) is 11.6 Å². The molecule has 0 fully saturated rings. The SMILES string of the molecule is Clc1ccccc1CNCC(Cl)c1ccccc1. The molecule has 1 nitrogen and oxygen atoms in total. The van der Waals surface area contributed by atoms with Gasteiger partial charge >= 0.3 is 0 Å². The third kappa shape index (κ3) is 3.74. The summed E-state index contributed by atoms with van der Waals surface area (Å²) in [4.78, 5) is 0. The quantitative estimate of drug-likeness (QED) is 0.800. The minimum absolute atomic E-state index is 0.0197. The number of nitrogens with one attached hydrogen (secondary N) is 1. The first kappa shape index (κ1) is 13.4. The van der Waals surface area contributed by atoms with Crippen molar-refractivity contribution in [3.8, 4) is 0 Å². The first-order valence-corrected chi connectivity index (χ1v) is 6.72. The van der Waals surface area contributed by atoms with Gasteiger partial charge in [-0.1, -0.05) is 60.1 Å². The van der Waals surface area contributed by atoms with Gasteiger partial charge in [0.25, 0.3) is 0 Å². The molecule has 0 saturated heterocycles. The lowest BCUT2D eigenvalue weighted by Crippen LogP contribution is -2.18. The van der Waals surface area contributed by atoms with Gasteiger partial charge in [0.05, 0.1) is 5.38 Å². The molecule has 0 aromatic heterocycles. The molecule has 0 aliphatic carbocycles. The molecule has 2 rings (SSSR count). The van der Waals surface area contributed by atoms with E-state index in [1.807, 2.05) is 54.6 Å². The lowest BCUT2D eigenvalue weighted by atomic mass is 10.1. The topological polar surface area (TPSA) is 12.0 Å². The highest BCUT2D eigenvalue weighted by atomic mass is 35.5. The number of benzene rings is 2. The largest absolute Gasteiger partial charge is 0.311 e. The van der Waals surface area contributed by atoms with Crippen LogP contribution in [0.1, 0.15) is 16.5 Å². The molecule has 0 amide bonds. The highest BCUT2D eigenvalue weighted by Gasteiger charge is 2.06. The van der Waals surface area contributed by atoms with E-state index in [4.69, 9.17) is 23.2 Å². The minimum atomic E-state index is -0.0197. The first-order chi connectivity index (χ1) is 8.77. The van der Waals surface area contributed by atoms with Crippen molar-refractivity contribution in [2.75, 3.05) is 6.54 Å². The fourth-order valence-electron chi connectivity index (χ4n) is 1.76. The normalized spacial score (nSPS) is 12.3. The Balaban J connectivity index is 1.84.